The summed E-state index contributed by atoms with van der Waals surface area (Å²) < 4.78 is 1.65. The molecule has 0 aliphatic carbocycles. The van der Waals surface area contributed by atoms with E-state index in [9.17, 15) is 9.59 Å². The number of nitrogen functional groups attached to an aromatic ring is 1. The van der Waals surface area contributed by atoms with Crippen LogP contribution < -0.4 is 16.6 Å². The highest BCUT2D eigenvalue weighted by Crippen LogP contribution is 2.26. The van der Waals surface area contributed by atoms with Gasteiger partial charge in [-0.1, -0.05) is 54.2 Å². The molecule has 3 rings (SSSR count). The second-order valence-corrected chi connectivity index (χ2v) is 7.29. The van der Waals surface area contributed by atoms with Crippen molar-refractivity contribution in [2.75, 3.05) is 11.1 Å². The van der Waals surface area contributed by atoms with Gasteiger partial charge in [0.15, 0.2) is 5.16 Å². The molecule has 3 N–H and O–H groups in total. The van der Waals surface area contributed by atoms with Crippen LogP contribution in [0.2, 0.25) is 0 Å². The molecule has 3 aromatic rings. The van der Waals surface area contributed by atoms with Gasteiger partial charge in [0, 0.05) is 23.7 Å². The number of rotatable bonds is 6. The van der Waals surface area contributed by atoms with Crippen molar-refractivity contribution < 1.29 is 4.79 Å². The number of thioether (sulfide) groups is 1. The van der Waals surface area contributed by atoms with Crippen molar-refractivity contribution in [1.82, 2.24) is 9.55 Å². The van der Waals surface area contributed by atoms with Crippen LogP contribution in [-0.4, -0.2) is 20.7 Å². The topological polar surface area (TPSA) is 90.0 Å². The molecule has 0 aliphatic heterocycles. The monoisotopic (exact) mass is 380 g/mol. The summed E-state index contributed by atoms with van der Waals surface area (Å²) in [5, 5.41) is 4.89. The number of carbonyl (C=O) groups is 1. The Balaban J connectivity index is 1.82. The summed E-state index contributed by atoms with van der Waals surface area (Å²) in [6.07, 6.45) is 1.66. The minimum absolute atomic E-state index is 0.182. The molecule has 0 spiro atoms. The molecular weight excluding hydrogens is 360 g/mol. The minimum Gasteiger partial charge on any atom is -0.385 e. The Bertz CT molecular complexity index is 1060. The highest BCUT2D eigenvalue weighted by Gasteiger charge is 2.19. The predicted molar refractivity (Wildman–Crippen MR) is 111 cm³/mol. The van der Waals surface area contributed by atoms with Crippen LogP contribution in [0.5, 0.6) is 0 Å². The average molecular weight is 380 g/mol. The number of nitrogens with one attached hydrogen (secondary N) is 1. The number of hydrogen-bond donors (Lipinski definition) is 2. The smallest absolute Gasteiger partial charge is 0.275 e. The van der Waals surface area contributed by atoms with E-state index in [0.717, 1.165) is 16.5 Å². The molecule has 0 radical (unpaired) electrons. The molecule has 138 valence electrons. The first-order chi connectivity index (χ1) is 13.0. The van der Waals surface area contributed by atoms with Crippen molar-refractivity contribution >= 4 is 39.9 Å². The van der Waals surface area contributed by atoms with E-state index in [1.54, 1.807) is 17.6 Å². The number of benzene rings is 2. The molecule has 7 heteroatoms. The summed E-state index contributed by atoms with van der Waals surface area (Å²) in [5.74, 6) is 0.109. The maximum Gasteiger partial charge on any atom is 0.275 e. The SMILES string of the molecule is C=CCn1c(N)cc(=O)nc1S[C@H](C)C(=O)Nc1cccc2ccccc12. The van der Waals surface area contributed by atoms with Crippen LogP contribution in [0.25, 0.3) is 10.8 Å². The van der Waals surface area contributed by atoms with Gasteiger partial charge in [-0.15, -0.1) is 6.58 Å². The Morgan fingerprint density at radius 1 is 1.33 bits per heavy atom. The summed E-state index contributed by atoms with van der Waals surface area (Å²) in [4.78, 5) is 28.4. The van der Waals surface area contributed by atoms with Crippen LogP contribution >= 0.6 is 11.8 Å². The second kappa shape index (κ2) is 8.09. The van der Waals surface area contributed by atoms with Gasteiger partial charge >= 0.3 is 0 Å². The zero-order chi connectivity index (χ0) is 19.4. The molecular formula is C20H20N4O2S. The zero-order valence-corrected chi connectivity index (χ0v) is 15.7. The van der Waals surface area contributed by atoms with Crippen LogP contribution in [-0.2, 0) is 11.3 Å². The van der Waals surface area contributed by atoms with Crippen molar-refractivity contribution in [2.24, 2.45) is 0 Å². The zero-order valence-electron chi connectivity index (χ0n) is 14.9. The average Bonchev–Trinajstić information content (AvgIpc) is 2.64. The second-order valence-electron chi connectivity index (χ2n) is 5.98. The van der Waals surface area contributed by atoms with Gasteiger partial charge in [0.2, 0.25) is 5.91 Å². The van der Waals surface area contributed by atoms with Gasteiger partial charge in [-0.05, 0) is 18.4 Å². The number of fused-ring (bicyclic) bond motifs is 1. The molecule has 1 aromatic heterocycles. The first-order valence-corrected chi connectivity index (χ1v) is 9.31. The van der Waals surface area contributed by atoms with Crippen molar-refractivity contribution in [2.45, 2.75) is 23.9 Å². The Morgan fingerprint density at radius 3 is 2.85 bits per heavy atom. The number of amides is 1. The molecule has 1 amide bonds. The van der Waals surface area contributed by atoms with E-state index in [1.165, 1.54) is 17.8 Å². The summed E-state index contributed by atoms with van der Waals surface area (Å²) in [7, 11) is 0. The summed E-state index contributed by atoms with van der Waals surface area (Å²) >= 11 is 1.18. The molecule has 27 heavy (non-hydrogen) atoms. The van der Waals surface area contributed by atoms with E-state index in [2.05, 4.69) is 16.9 Å². The summed E-state index contributed by atoms with van der Waals surface area (Å²) in [5.41, 5.74) is 6.22. The molecule has 0 unspecified atom stereocenters. The number of allylic oxidation sites excluding steroid dienone is 1. The van der Waals surface area contributed by atoms with Crippen molar-refractivity contribution in [3.8, 4) is 0 Å². The van der Waals surface area contributed by atoms with Crippen LogP contribution in [0.3, 0.4) is 0 Å². The van der Waals surface area contributed by atoms with E-state index < -0.39 is 10.8 Å². The van der Waals surface area contributed by atoms with Crippen molar-refractivity contribution in [1.29, 1.82) is 0 Å². The molecule has 0 saturated carbocycles. The first-order valence-electron chi connectivity index (χ1n) is 8.43. The fourth-order valence-electron chi connectivity index (χ4n) is 2.68. The van der Waals surface area contributed by atoms with E-state index in [0.29, 0.717) is 17.5 Å². The van der Waals surface area contributed by atoms with E-state index in [1.807, 2.05) is 42.5 Å². The molecule has 0 bridgehead atoms. The number of nitrogens with two attached hydrogens (primary N) is 1. The number of nitrogens with zero attached hydrogens (tertiary/aromatic N) is 2. The van der Waals surface area contributed by atoms with Gasteiger partial charge in [0.1, 0.15) is 5.82 Å². The third-order valence-electron chi connectivity index (χ3n) is 4.03. The molecule has 1 atom stereocenters. The summed E-state index contributed by atoms with van der Waals surface area (Å²) in [6.45, 7) is 5.85. The Hall–Kier alpha value is -3.06. The van der Waals surface area contributed by atoms with Gasteiger partial charge in [-0.3, -0.25) is 9.59 Å². The Labute approximate surface area is 161 Å². The molecule has 2 aromatic carbocycles. The lowest BCUT2D eigenvalue weighted by atomic mass is 10.1. The normalized spacial score (nSPS) is 11.9. The lowest BCUT2D eigenvalue weighted by Crippen LogP contribution is -2.25. The van der Waals surface area contributed by atoms with Crippen LogP contribution in [0.4, 0.5) is 11.5 Å². The lowest BCUT2D eigenvalue weighted by Gasteiger charge is -2.16. The number of aromatic nitrogens is 2. The molecule has 0 fully saturated rings. The predicted octanol–water partition coefficient (Wildman–Crippen LogP) is 3.28. The third-order valence-corrected chi connectivity index (χ3v) is 5.12. The van der Waals surface area contributed by atoms with Crippen molar-refractivity contribution in [3.05, 3.63) is 71.5 Å². The Morgan fingerprint density at radius 2 is 2.07 bits per heavy atom. The van der Waals surface area contributed by atoms with E-state index in [-0.39, 0.29) is 5.91 Å². The maximum absolute atomic E-state index is 12.7. The molecule has 1 heterocycles. The van der Waals surface area contributed by atoms with Crippen LogP contribution in [0, 0.1) is 0 Å². The fourth-order valence-corrected chi connectivity index (χ4v) is 3.62. The van der Waals surface area contributed by atoms with E-state index >= 15 is 0 Å². The van der Waals surface area contributed by atoms with Gasteiger partial charge in [0.25, 0.3) is 5.56 Å². The molecule has 6 nitrogen and oxygen atoms in total. The largest absolute Gasteiger partial charge is 0.385 e. The van der Waals surface area contributed by atoms with Gasteiger partial charge in [0.05, 0.1) is 5.25 Å². The van der Waals surface area contributed by atoms with Gasteiger partial charge in [-0.2, -0.15) is 4.98 Å². The Kier molecular flexibility index (Phi) is 5.61. The fraction of sp³-hybridized carbons (Fsp3) is 0.150. The van der Waals surface area contributed by atoms with Crippen LogP contribution in [0.1, 0.15) is 6.92 Å². The number of anilines is 2. The molecule has 0 saturated heterocycles. The highest BCUT2D eigenvalue weighted by molar-refractivity contribution is 8.00. The maximum atomic E-state index is 12.7. The van der Waals surface area contributed by atoms with Gasteiger partial charge < -0.3 is 15.6 Å². The van der Waals surface area contributed by atoms with E-state index in [4.69, 9.17) is 5.73 Å². The third kappa shape index (κ3) is 4.20. The standard InChI is InChI=1S/C20H20N4O2S/c1-3-11-24-17(21)12-18(25)23-20(24)27-13(2)19(26)22-16-10-6-8-14-7-4-5-9-15(14)16/h3-10,12-13H,1,11,21H2,2H3,(H,22,26)/t13-/m1/s1. The van der Waals surface area contributed by atoms with Gasteiger partial charge in [-0.25, -0.2) is 0 Å². The minimum atomic E-state index is -0.478. The van der Waals surface area contributed by atoms with Crippen LogP contribution in [0.15, 0.2) is 71.1 Å². The molecule has 0 aliphatic rings. The lowest BCUT2D eigenvalue weighted by molar-refractivity contribution is -0.115. The highest BCUT2D eigenvalue weighted by atomic mass is 32.2. The summed E-state index contributed by atoms with van der Waals surface area (Å²) in [6, 6.07) is 14.9. The number of carbonyl (C=O) groups excluding carboxylic acids is 1. The van der Waals surface area contributed by atoms with Crippen molar-refractivity contribution in [3.63, 3.8) is 0 Å². The first kappa shape index (κ1) is 18.7. The number of hydrogen-bond acceptors (Lipinski definition) is 5. The quantitative estimate of drug-likeness (QED) is 0.389.